The highest BCUT2D eigenvalue weighted by Crippen LogP contribution is 2.08. The van der Waals surface area contributed by atoms with Gasteiger partial charge in [-0.2, -0.15) is 15.0 Å². The van der Waals surface area contributed by atoms with Gasteiger partial charge < -0.3 is 0 Å². The summed E-state index contributed by atoms with van der Waals surface area (Å²) >= 11 is 0. The quantitative estimate of drug-likeness (QED) is 0.223. The van der Waals surface area contributed by atoms with Crippen LogP contribution in [0.4, 0.5) is 17.8 Å². The van der Waals surface area contributed by atoms with Gasteiger partial charge in [-0.05, 0) is 0 Å². The van der Waals surface area contributed by atoms with Crippen LogP contribution in [0.5, 0.6) is 0 Å². The lowest BCUT2D eigenvalue weighted by atomic mass is 10.8. The van der Waals surface area contributed by atoms with Crippen molar-refractivity contribution in [1.29, 1.82) is 5.53 Å². The molecule has 0 radical (unpaired) electrons. The normalized spacial score (nSPS) is 9.17. The third kappa shape index (κ3) is 1.59. The molecule has 1 rings (SSSR count). The number of nitrogen functional groups attached to an aromatic ring is 2. The minimum Gasteiger partial charge on any atom is -0.292 e. The molecule has 64 valence electrons. The molecule has 0 amide bonds. The summed E-state index contributed by atoms with van der Waals surface area (Å²) in [4.78, 5) is 10.9. The molecule has 0 atom stereocenters. The average Bonchev–Trinajstić information content (AvgIpc) is 2.16. The number of nitrogens with zero attached hydrogens (tertiary/aromatic N) is 4. The van der Waals surface area contributed by atoms with Gasteiger partial charge in [-0.15, -0.1) is 5.11 Å². The Kier molecular flexibility index (Phi) is 2.40. The van der Waals surface area contributed by atoms with E-state index in [4.69, 9.17) is 17.2 Å². The first-order chi connectivity index (χ1) is 5.80. The van der Waals surface area contributed by atoms with Gasteiger partial charge in [0.15, 0.2) is 0 Å². The topological polar surface area (TPSA) is 151 Å². The summed E-state index contributed by atoms with van der Waals surface area (Å²) in [7, 11) is 0. The molecule has 0 aliphatic heterocycles. The number of hydrogen-bond acceptors (Lipinski definition) is 9. The minimum atomic E-state index is -0.0779. The second kappa shape index (κ2) is 3.50. The fourth-order valence-electron chi connectivity index (χ4n) is 0.544. The third-order valence-electron chi connectivity index (χ3n) is 0.982. The van der Waals surface area contributed by atoms with Crippen LogP contribution in [-0.2, 0) is 0 Å². The van der Waals surface area contributed by atoms with E-state index in [0.29, 0.717) is 0 Å². The number of hydrazine groups is 2. The van der Waals surface area contributed by atoms with Gasteiger partial charge in [0, 0.05) is 0 Å². The molecule has 0 saturated carbocycles. The van der Waals surface area contributed by atoms with Crippen LogP contribution in [0.15, 0.2) is 5.11 Å². The number of rotatable bonds is 3. The van der Waals surface area contributed by atoms with Crippen molar-refractivity contribution in [1.82, 2.24) is 15.0 Å². The molecule has 0 fully saturated rings. The molecule has 12 heavy (non-hydrogen) atoms. The Morgan fingerprint density at radius 2 is 1.58 bits per heavy atom. The standard InChI is InChI=1S/C3H7N9/c4-10-1-7-2(11-5)9-3(8-1)12-6/h4H,5-6H2,(H2,7,8,9,11,12). The van der Waals surface area contributed by atoms with Gasteiger partial charge in [0.05, 0.1) is 0 Å². The monoisotopic (exact) mass is 169 g/mol. The smallest absolute Gasteiger partial charge is 0.274 e. The second-order valence-electron chi connectivity index (χ2n) is 1.68. The molecule has 1 heterocycles. The van der Waals surface area contributed by atoms with Gasteiger partial charge in [-0.25, -0.2) is 17.2 Å². The zero-order valence-electron chi connectivity index (χ0n) is 5.94. The molecule has 9 nitrogen and oxygen atoms in total. The van der Waals surface area contributed by atoms with Crippen LogP contribution in [0.25, 0.3) is 0 Å². The van der Waals surface area contributed by atoms with Crippen LogP contribution in [0.1, 0.15) is 0 Å². The summed E-state index contributed by atoms with van der Waals surface area (Å²) in [6, 6.07) is 0. The maximum Gasteiger partial charge on any atom is 0.274 e. The van der Waals surface area contributed by atoms with E-state index in [2.05, 4.69) is 30.9 Å². The summed E-state index contributed by atoms with van der Waals surface area (Å²) in [6.45, 7) is 0. The number of hydrogen-bond donors (Lipinski definition) is 5. The molecule has 0 spiro atoms. The van der Waals surface area contributed by atoms with E-state index < -0.39 is 0 Å². The van der Waals surface area contributed by atoms with E-state index in [9.17, 15) is 0 Å². The Morgan fingerprint density at radius 3 is 1.92 bits per heavy atom. The van der Waals surface area contributed by atoms with Gasteiger partial charge in [0.2, 0.25) is 11.9 Å². The van der Waals surface area contributed by atoms with E-state index in [0.717, 1.165) is 0 Å². The highest BCUT2D eigenvalue weighted by molar-refractivity contribution is 5.37. The summed E-state index contributed by atoms with van der Waals surface area (Å²) in [6.07, 6.45) is 0. The first kappa shape index (κ1) is 8.23. The Labute approximate surface area is 67.0 Å². The Hall–Kier alpha value is -1.87. The van der Waals surface area contributed by atoms with Gasteiger partial charge >= 0.3 is 0 Å². The Bertz CT molecular complexity index is 259. The van der Waals surface area contributed by atoms with Crippen molar-refractivity contribution in [3.8, 4) is 0 Å². The molecule has 0 unspecified atom stereocenters. The average molecular weight is 169 g/mol. The van der Waals surface area contributed by atoms with Gasteiger partial charge in [-0.1, -0.05) is 0 Å². The highest BCUT2D eigenvalue weighted by Gasteiger charge is 2.02. The first-order valence-electron chi connectivity index (χ1n) is 2.87. The van der Waals surface area contributed by atoms with Crippen molar-refractivity contribution in [3.63, 3.8) is 0 Å². The van der Waals surface area contributed by atoms with Gasteiger partial charge in [0.25, 0.3) is 5.95 Å². The van der Waals surface area contributed by atoms with Gasteiger partial charge in [0.1, 0.15) is 0 Å². The third-order valence-corrected chi connectivity index (χ3v) is 0.982. The molecule has 7 N–H and O–H groups in total. The predicted octanol–water partition coefficient (Wildman–Crippen LogP) is -0.895. The van der Waals surface area contributed by atoms with Crippen LogP contribution in [-0.4, -0.2) is 15.0 Å². The van der Waals surface area contributed by atoms with E-state index in [1.807, 2.05) is 0 Å². The molecule has 0 bridgehead atoms. The lowest BCUT2D eigenvalue weighted by Gasteiger charge is -2.00. The van der Waals surface area contributed by atoms with Crippen molar-refractivity contribution >= 4 is 17.8 Å². The summed E-state index contributed by atoms with van der Waals surface area (Å²) in [5.41, 5.74) is 11.0. The zero-order chi connectivity index (χ0) is 8.97. The Balaban J connectivity index is 3.09. The van der Waals surface area contributed by atoms with Crippen LogP contribution in [0.3, 0.4) is 0 Å². The van der Waals surface area contributed by atoms with Crippen molar-refractivity contribution in [2.45, 2.75) is 0 Å². The number of aromatic nitrogens is 3. The summed E-state index contributed by atoms with van der Waals surface area (Å²) in [5, 5.41) is 2.98. The molecule has 0 aromatic carbocycles. The Morgan fingerprint density at radius 1 is 1.08 bits per heavy atom. The van der Waals surface area contributed by atoms with Crippen molar-refractivity contribution in [3.05, 3.63) is 0 Å². The maximum absolute atomic E-state index is 6.62. The fourth-order valence-corrected chi connectivity index (χ4v) is 0.544. The fraction of sp³-hybridized carbons (Fsp3) is 0. The van der Waals surface area contributed by atoms with Crippen molar-refractivity contribution < 1.29 is 0 Å². The lowest BCUT2D eigenvalue weighted by molar-refractivity contribution is 0.965. The van der Waals surface area contributed by atoms with E-state index in [-0.39, 0.29) is 17.8 Å². The van der Waals surface area contributed by atoms with Crippen LogP contribution >= 0.6 is 0 Å². The number of nitrogens with one attached hydrogen (secondary N) is 3. The summed E-state index contributed by atoms with van der Waals surface area (Å²) < 4.78 is 0. The summed E-state index contributed by atoms with van der Waals surface area (Å²) in [5.74, 6) is 10.1. The predicted molar refractivity (Wildman–Crippen MR) is 40.3 cm³/mol. The maximum atomic E-state index is 6.62. The SMILES string of the molecule is N=Nc1nc(NN)nc(NN)n1. The van der Waals surface area contributed by atoms with Crippen LogP contribution < -0.4 is 22.5 Å². The number of nitrogens with two attached hydrogens (primary N) is 2. The van der Waals surface area contributed by atoms with E-state index in [1.54, 1.807) is 0 Å². The highest BCUT2D eigenvalue weighted by atomic mass is 15.4. The molecular weight excluding hydrogens is 162 g/mol. The lowest BCUT2D eigenvalue weighted by Crippen LogP contribution is -2.15. The molecule has 9 heteroatoms. The molecule has 0 aliphatic rings. The zero-order valence-corrected chi connectivity index (χ0v) is 5.94. The molecule has 0 saturated heterocycles. The van der Waals surface area contributed by atoms with Crippen molar-refractivity contribution in [2.24, 2.45) is 16.8 Å². The molecule has 1 aromatic heterocycles. The molecule has 0 aliphatic carbocycles. The largest absolute Gasteiger partial charge is 0.292 e. The first-order valence-corrected chi connectivity index (χ1v) is 2.87. The minimum absolute atomic E-state index is 0.0779. The van der Waals surface area contributed by atoms with Crippen LogP contribution in [0.2, 0.25) is 0 Å². The van der Waals surface area contributed by atoms with Crippen molar-refractivity contribution in [2.75, 3.05) is 10.9 Å². The number of anilines is 2. The molecule has 1 aromatic rings. The van der Waals surface area contributed by atoms with Crippen LogP contribution in [0, 0.1) is 5.53 Å². The van der Waals surface area contributed by atoms with E-state index >= 15 is 0 Å². The van der Waals surface area contributed by atoms with Gasteiger partial charge in [-0.3, -0.25) is 10.9 Å². The molecular formula is C3H7N9. The van der Waals surface area contributed by atoms with E-state index in [1.165, 1.54) is 0 Å². The second-order valence-corrected chi connectivity index (χ2v) is 1.68.